The first-order chi connectivity index (χ1) is 21.5. The van der Waals surface area contributed by atoms with E-state index in [0.717, 1.165) is 42.8 Å². The van der Waals surface area contributed by atoms with Crippen molar-refractivity contribution in [2.75, 3.05) is 31.7 Å². The minimum atomic E-state index is 0.378. The second-order valence-electron chi connectivity index (χ2n) is 10.4. The molecule has 0 aliphatic carbocycles. The normalized spacial score (nSPS) is 11.4. The van der Waals surface area contributed by atoms with Crippen LogP contribution in [0.3, 0.4) is 0 Å². The quantitative estimate of drug-likeness (QED) is 0.0782. The SMILES string of the molecule is CCc1ccc(N=C(N)c2ccc(OCCOCCOc3ccc(CNc4ccc(CC)cc4CC)nc3)cn2)c(CC)c1. The van der Waals surface area contributed by atoms with E-state index in [-0.39, 0.29) is 0 Å². The molecular weight excluding hydrogens is 550 g/mol. The van der Waals surface area contributed by atoms with Gasteiger partial charge in [0.15, 0.2) is 0 Å². The zero-order valence-corrected chi connectivity index (χ0v) is 26.4. The Morgan fingerprint density at radius 2 is 1.34 bits per heavy atom. The minimum Gasteiger partial charge on any atom is -0.490 e. The lowest BCUT2D eigenvalue weighted by molar-refractivity contribution is 0.0762. The number of pyridine rings is 2. The van der Waals surface area contributed by atoms with Crippen molar-refractivity contribution in [3.05, 3.63) is 107 Å². The highest BCUT2D eigenvalue weighted by molar-refractivity contribution is 5.97. The topological polar surface area (TPSA) is 104 Å². The van der Waals surface area contributed by atoms with Gasteiger partial charge in [0.1, 0.15) is 36.2 Å². The Morgan fingerprint density at radius 1 is 0.705 bits per heavy atom. The number of aryl methyl sites for hydroxylation is 4. The van der Waals surface area contributed by atoms with Gasteiger partial charge in [0, 0.05) is 5.69 Å². The van der Waals surface area contributed by atoms with E-state index in [0.29, 0.717) is 56.0 Å². The van der Waals surface area contributed by atoms with Crippen molar-refractivity contribution in [1.82, 2.24) is 9.97 Å². The van der Waals surface area contributed by atoms with Gasteiger partial charge in [0.2, 0.25) is 0 Å². The van der Waals surface area contributed by atoms with Crippen LogP contribution >= 0.6 is 0 Å². The fourth-order valence-corrected chi connectivity index (χ4v) is 4.71. The van der Waals surface area contributed by atoms with E-state index in [9.17, 15) is 0 Å². The van der Waals surface area contributed by atoms with Crippen LogP contribution in [-0.4, -0.2) is 42.2 Å². The van der Waals surface area contributed by atoms with Crippen molar-refractivity contribution >= 4 is 17.2 Å². The number of aromatic nitrogens is 2. The number of nitrogens with one attached hydrogen (secondary N) is 1. The summed E-state index contributed by atoms with van der Waals surface area (Å²) in [6, 6.07) is 20.5. The van der Waals surface area contributed by atoms with E-state index in [1.165, 1.54) is 22.3 Å². The third kappa shape index (κ3) is 9.54. The maximum absolute atomic E-state index is 6.25. The number of ether oxygens (including phenoxy) is 3. The van der Waals surface area contributed by atoms with Crippen LogP contribution in [0.15, 0.2) is 78.0 Å². The number of nitrogens with two attached hydrogens (primary N) is 1. The molecule has 0 spiro atoms. The average molecular weight is 596 g/mol. The molecule has 8 heteroatoms. The number of aliphatic imine (C=N–C) groups is 1. The lowest BCUT2D eigenvalue weighted by Crippen LogP contribution is -2.15. The minimum absolute atomic E-state index is 0.378. The summed E-state index contributed by atoms with van der Waals surface area (Å²) < 4.78 is 17.2. The molecule has 232 valence electrons. The van der Waals surface area contributed by atoms with Crippen LogP contribution in [0.5, 0.6) is 11.5 Å². The van der Waals surface area contributed by atoms with E-state index in [1.807, 2.05) is 30.3 Å². The van der Waals surface area contributed by atoms with Crippen LogP contribution in [0, 0.1) is 0 Å². The molecule has 0 saturated heterocycles. The molecule has 0 bridgehead atoms. The fraction of sp³-hybridized carbons (Fsp3) is 0.361. The van der Waals surface area contributed by atoms with Crippen LogP contribution in [-0.2, 0) is 37.0 Å². The van der Waals surface area contributed by atoms with Gasteiger partial charge in [-0.25, -0.2) is 9.98 Å². The predicted octanol–water partition coefficient (Wildman–Crippen LogP) is 6.85. The van der Waals surface area contributed by atoms with Gasteiger partial charge in [0.25, 0.3) is 0 Å². The van der Waals surface area contributed by atoms with Gasteiger partial charge in [-0.2, -0.15) is 0 Å². The molecule has 0 unspecified atom stereocenters. The van der Waals surface area contributed by atoms with Gasteiger partial charge in [0.05, 0.1) is 43.5 Å². The summed E-state index contributed by atoms with van der Waals surface area (Å²) in [5.74, 6) is 1.74. The molecule has 2 aromatic carbocycles. The second kappa shape index (κ2) is 17.0. The third-order valence-corrected chi connectivity index (χ3v) is 7.38. The number of anilines is 1. The van der Waals surface area contributed by atoms with E-state index in [1.54, 1.807) is 12.4 Å². The number of amidine groups is 1. The Bertz CT molecular complexity index is 1490. The van der Waals surface area contributed by atoms with Crippen LogP contribution in [0.1, 0.15) is 61.3 Å². The number of rotatable bonds is 17. The van der Waals surface area contributed by atoms with Gasteiger partial charge in [-0.1, -0.05) is 52.0 Å². The molecule has 3 N–H and O–H groups in total. The Labute approximate surface area is 261 Å². The number of hydrogen-bond acceptors (Lipinski definition) is 7. The predicted molar refractivity (Wildman–Crippen MR) is 178 cm³/mol. The molecule has 2 heterocycles. The van der Waals surface area contributed by atoms with E-state index < -0.39 is 0 Å². The summed E-state index contributed by atoms with van der Waals surface area (Å²) in [5, 5.41) is 3.51. The van der Waals surface area contributed by atoms with Crippen molar-refractivity contribution in [2.24, 2.45) is 10.7 Å². The number of benzene rings is 2. The maximum Gasteiger partial charge on any atom is 0.150 e. The standard InChI is InChI=1S/C36H45N5O3/c1-5-26-9-14-33(28(7-3)21-26)39-23-30-11-12-31(24-38-30)43-19-17-42-18-20-44-32-13-16-35(40-25-32)36(37)41-34-15-10-27(6-2)22-29(34)8-4/h9-16,21-22,24-25,39H,5-8,17-20,23H2,1-4H3,(H2,37,41). The number of hydrogen-bond donors (Lipinski definition) is 2. The Hall–Kier alpha value is -4.43. The molecule has 0 fully saturated rings. The summed E-state index contributed by atoms with van der Waals surface area (Å²) in [4.78, 5) is 13.6. The van der Waals surface area contributed by atoms with Crippen molar-refractivity contribution in [3.8, 4) is 11.5 Å². The summed E-state index contributed by atoms with van der Waals surface area (Å²) in [6.07, 6.45) is 7.33. The van der Waals surface area contributed by atoms with Crippen LogP contribution in [0.4, 0.5) is 11.4 Å². The van der Waals surface area contributed by atoms with Crippen molar-refractivity contribution in [1.29, 1.82) is 0 Å². The monoisotopic (exact) mass is 595 g/mol. The maximum atomic E-state index is 6.25. The molecule has 2 aromatic heterocycles. The summed E-state index contributed by atoms with van der Waals surface area (Å²) >= 11 is 0. The average Bonchev–Trinajstić information content (AvgIpc) is 3.07. The highest BCUT2D eigenvalue weighted by Crippen LogP contribution is 2.23. The number of nitrogens with zero attached hydrogens (tertiary/aromatic N) is 3. The Morgan fingerprint density at radius 3 is 1.93 bits per heavy atom. The first kappa shape index (κ1) is 32.5. The van der Waals surface area contributed by atoms with Crippen molar-refractivity contribution in [2.45, 2.75) is 59.9 Å². The van der Waals surface area contributed by atoms with Crippen LogP contribution < -0.4 is 20.5 Å². The smallest absolute Gasteiger partial charge is 0.150 e. The molecule has 8 nitrogen and oxygen atoms in total. The second-order valence-corrected chi connectivity index (χ2v) is 10.4. The molecule has 4 rings (SSSR count). The third-order valence-electron chi connectivity index (χ3n) is 7.38. The summed E-state index contributed by atoms with van der Waals surface area (Å²) in [5.41, 5.74) is 15.0. The molecule has 4 aromatic rings. The highest BCUT2D eigenvalue weighted by atomic mass is 16.5. The molecule has 0 radical (unpaired) electrons. The van der Waals surface area contributed by atoms with Gasteiger partial charge in [-0.05, 0) is 84.3 Å². The molecule has 0 saturated carbocycles. The van der Waals surface area contributed by atoms with E-state index >= 15 is 0 Å². The molecular formula is C36H45N5O3. The zero-order chi connectivity index (χ0) is 31.1. The van der Waals surface area contributed by atoms with Crippen molar-refractivity contribution < 1.29 is 14.2 Å². The molecule has 0 aliphatic heterocycles. The van der Waals surface area contributed by atoms with Gasteiger partial charge < -0.3 is 25.3 Å². The lowest BCUT2D eigenvalue weighted by atomic mass is 10.0. The first-order valence-electron chi connectivity index (χ1n) is 15.6. The Kier molecular flexibility index (Phi) is 12.6. The van der Waals surface area contributed by atoms with Gasteiger partial charge >= 0.3 is 0 Å². The molecule has 0 amide bonds. The molecule has 0 aliphatic rings. The van der Waals surface area contributed by atoms with Gasteiger partial charge in [-0.3, -0.25) is 4.98 Å². The van der Waals surface area contributed by atoms with Gasteiger partial charge in [-0.15, -0.1) is 0 Å². The highest BCUT2D eigenvalue weighted by Gasteiger charge is 2.07. The molecule has 44 heavy (non-hydrogen) atoms. The van der Waals surface area contributed by atoms with Crippen molar-refractivity contribution in [3.63, 3.8) is 0 Å². The summed E-state index contributed by atoms with van der Waals surface area (Å²) in [6.45, 7) is 11.0. The Balaban J connectivity index is 1.12. The van der Waals surface area contributed by atoms with Crippen LogP contribution in [0.25, 0.3) is 0 Å². The lowest BCUT2D eigenvalue weighted by Gasteiger charge is -2.13. The zero-order valence-electron chi connectivity index (χ0n) is 26.4. The van der Waals surface area contributed by atoms with E-state index in [2.05, 4.69) is 78.3 Å². The summed E-state index contributed by atoms with van der Waals surface area (Å²) in [7, 11) is 0. The largest absolute Gasteiger partial charge is 0.490 e. The van der Waals surface area contributed by atoms with Crippen LogP contribution in [0.2, 0.25) is 0 Å². The molecule has 0 atom stereocenters. The fourth-order valence-electron chi connectivity index (χ4n) is 4.71. The first-order valence-corrected chi connectivity index (χ1v) is 15.6. The van der Waals surface area contributed by atoms with E-state index in [4.69, 9.17) is 19.9 Å².